The van der Waals surface area contributed by atoms with Gasteiger partial charge in [-0.15, -0.1) is 11.3 Å². The van der Waals surface area contributed by atoms with Crippen molar-refractivity contribution in [2.45, 2.75) is 26.7 Å². The Hall–Kier alpha value is -2.40. The first kappa shape index (κ1) is 17.4. The third-order valence-corrected chi connectivity index (χ3v) is 5.19. The quantitative estimate of drug-likeness (QED) is 0.701. The van der Waals surface area contributed by atoms with Crippen molar-refractivity contribution in [3.8, 4) is 0 Å². The van der Waals surface area contributed by atoms with Gasteiger partial charge in [0.15, 0.2) is 0 Å². The highest BCUT2D eigenvalue weighted by atomic mass is 32.1. The van der Waals surface area contributed by atoms with E-state index in [2.05, 4.69) is 6.92 Å². The Morgan fingerprint density at radius 2 is 1.76 bits per heavy atom. The van der Waals surface area contributed by atoms with Crippen LogP contribution in [0, 0.1) is 0 Å². The van der Waals surface area contributed by atoms with E-state index < -0.39 is 0 Å². The van der Waals surface area contributed by atoms with Gasteiger partial charge in [0.1, 0.15) is 5.70 Å². The fraction of sp³-hybridized carbons (Fsp3) is 0.300. The van der Waals surface area contributed by atoms with Crippen molar-refractivity contribution in [3.05, 3.63) is 58.4 Å². The number of amides is 2. The summed E-state index contributed by atoms with van der Waals surface area (Å²) in [6.45, 7) is 5.15. The summed E-state index contributed by atoms with van der Waals surface area (Å²) in [5.74, 6) is -0.363. The Labute approximate surface area is 152 Å². The highest BCUT2D eigenvalue weighted by Crippen LogP contribution is 2.35. The number of benzene rings is 1. The molecule has 2 aromatic rings. The number of para-hydroxylation sites is 1. The fourth-order valence-corrected chi connectivity index (χ4v) is 3.82. The second kappa shape index (κ2) is 7.66. The van der Waals surface area contributed by atoms with Crippen LogP contribution in [0.25, 0.3) is 5.57 Å². The molecule has 1 aliphatic rings. The number of unbranched alkanes of at least 4 members (excludes halogenated alkanes) is 1. The molecule has 1 aromatic heterocycles. The first-order chi connectivity index (χ1) is 12.2. The summed E-state index contributed by atoms with van der Waals surface area (Å²) in [5.41, 5.74) is 1.95. The lowest BCUT2D eigenvalue weighted by Crippen LogP contribution is -2.35. The number of imide groups is 1. The monoisotopic (exact) mass is 354 g/mol. The molecule has 2 heterocycles. The average molecular weight is 354 g/mol. The van der Waals surface area contributed by atoms with E-state index in [-0.39, 0.29) is 11.8 Å². The number of hydrogen-bond donors (Lipinski definition) is 0. The first-order valence-electron chi connectivity index (χ1n) is 8.66. The van der Waals surface area contributed by atoms with Gasteiger partial charge in [0, 0.05) is 23.7 Å². The van der Waals surface area contributed by atoms with Gasteiger partial charge in [-0.3, -0.25) is 14.5 Å². The molecule has 1 aromatic carbocycles. The van der Waals surface area contributed by atoms with Crippen molar-refractivity contribution < 1.29 is 9.59 Å². The van der Waals surface area contributed by atoms with Gasteiger partial charge >= 0.3 is 0 Å². The van der Waals surface area contributed by atoms with Gasteiger partial charge in [0.25, 0.3) is 11.8 Å². The number of nitrogens with zero attached hydrogens (tertiary/aromatic N) is 2. The summed E-state index contributed by atoms with van der Waals surface area (Å²) in [6, 6.07) is 13.6. The molecule has 0 saturated carbocycles. The smallest absolute Gasteiger partial charge is 0.278 e. The average Bonchev–Trinajstić information content (AvgIpc) is 3.23. The van der Waals surface area contributed by atoms with Crippen LogP contribution in [0.3, 0.4) is 0 Å². The lowest BCUT2D eigenvalue weighted by atomic mass is 10.1. The largest absolute Gasteiger partial charge is 0.337 e. The van der Waals surface area contributed by atoms with E-state index in [1.165, 1.54) is 16.2 Å². The molecule has 0 spiro atoms. The highest BCUT2D eigenvalue weighted by Gasteiger charge is 2.41. The maximum absolute atomic E-state index is 13.1. The topological polar surface area (TPSA) is 40.6 Å². The second-order valence-electron chi connectivity index (χ2n) is 5.90. The number of likely N-dealkylation sites (N-methyl/N-ethyl adjacent to an activating group) is 1. The van der Waals surface area contributed by atoms with E-state index in [1.807, 2.05) is 59.7 Å². The van der Waals surface area contributed by atoms with Crippen molar-refractivity contribution in [1.29, 1.82) is 0 Å². The lowest BCUT2D eigenvalue weighted by molar-refractivity contribution is -0.136. The Bertz CT molecular complexity index is 781. The summed E-state index contributed by atoms with van der Waals surface area (Å²) in [5, 5.41) is 1.94. The Balaban J connectivity index is 2.10. The van der Waals surface area contributed by atoms with Crippen LogP contribution in [-0.4, -0.2) is 29.8 Å². The van der Waals surface area contributed by atoms with E-state index >= 15 is 0 Å². The van der Waals surface area contributed by atoms with Crippen LogP contribution in [0.2, 0.25) is 0 Å². The molecule has 0 unspecified atom stereocenters. The molecule has 5 heteroatoms. The zero-order valence-electron chi connectivity index (χ0n) is 14.6. The van der Waals surface area contributed by atoms with Crippen molar-refractivity contribution in [2.24, 2.45) is 0 Å². The molecule has 0 N–H and O–H groups in total. The number of thiophene rings is 1. The minimum Gasteiger partial charge on any atom is -0.337 e. The van der Waals surface area contributed by atoms with E-state index in [4.69, 9.17) is 0 Å². The van der Waals surface area contributed by atoms with Crippen LogP contribution in [0.15, 0.2) is 53.5 Å². The van der Waals surface area contributed by atoms with E-state index in [0.717, 1.165) is 23.4 Å². The van der Waals surface area contributed by atoms with Crippen molar-refractivity contribution in [3.63, 3.8) is 0 Å². The molecule has 0 bridgehead atoms. The molecule has 0 saturated heterocycles. The van der Waals surface area contributed by atoms with Crippen molar-refractivity contribution in [1.82, 2.24) is 4.90 Å². The Kier molecular flexibility index (Phi) is 5.34. The van der Waals surface area contributed by atoms with Gasteiger partial charge in [0.2, 0.25) is 0 Å². The maximum Gasteiger partial charge on any atom is 0.278 e. The minimum atomic E-state index is -0.187. The molecule has 0 atom stereocenters. The van der Waals surface area contributed by atoms with Crippen LogP contribution in [-0.2, 0) is 9.59 Å². The minimum absolute atomic E-state index is 0.176. The molecule has 1 aliphatic heterocycles. The van der Waals surface area contributed by atoms with Crippen molar-refractivity contribution in [2.75, 3.05) is 18.0 Å². The molecular formula is C20H22N2O2S. The number of anilines is 1. The van der Waals surface area contributed by atoms with E-state index in [9.17, 15) is 9.59 Å². The molecule has 130 valence electrons. The standard InChI is InChI=1S/C20H22N2O2S/c1-3-5-13-22-19(23)17(16-12-9-14-25-16)18(20(22)24)21(4-2)15-10-7-6-8-11-15/h6-12,14H,3-5,13H2,1-2H3. The maximum atomic E-state index is 13.1. The summed E-state index contributed by atoms with van der Waals surface area (Å²) < 4.78 is 0. The predicted molar refractivity (Wildman–Crippen MR) is 102 cm³/mol. The number of hydrogen-bond acceptors (Lipinski definition) is 4. The van der Waals surface area contributed by atoms with Crippen LogP contribution in [0.5, 0.6) is 0 Å². The molecule has 2 amide bonds. The summed E-state index contributed by atoms with van der Waals surface area (Å²) in [4.78, 5) is 30.3. The molecule has 0 fully saturated rings. The molecule has 4 nitrogen and oxygen atoms in total. The van der Waals surface area contributed by atoms with Crippen LogP contribution in [0.4, 0.5) is 5.69 Å². The summed E-state index contributed by atoms with van der Waals surface area (Å²) >= 11 is 1.49. The van der Waals surface area contributed by atoms with Crippen LogP contribution in [0.1, 0.15) is 31.6 Å². The van der Waals surface area contributed by atoms with Gasteiger partial charge in [-0.2, -0.15) is 0 Å². The second-order valence-corrected chi connectivity index (χ2v) is 6.84. The highest BCUT2D eigenvalue weighted by molar-refractivity contribution is 7.11. The van der Waals surface area contributed by atoms with Gasteiger partial charge in [-0.25, -0.2) is 0 Å². The lowest BCUT2D eigenvalue weighted by Gasteiger charge is -2.24. The van der Waals surface area contributed by atoms with Crippen LogP contribution >= 0.6 is 11.3 Å². The number of carbonyl (C=O) groups is 2. The van der Waals surface area contributed by atoms with Gasteiger partial charge in [-0.1, -0.05) is 37.6 Å². The zero-order valence-corrected chi connectivity index (χ0v) is 15.4. The zero-order chi connectivity index (χ0) is 17.8. The number of rotatable bonds is 7. The predicted octanol–water partition coefficient (Wildman–Crippen LogP) is 4.15. The van der Waals surface area contributed by atoms with Gasteiger partial charge < -0.3 is 4.90 Å². The Morgan fingerprint density at radius 3 is 2.36 bits per heavy atom. The van der Waals surface area contributed by atoms with Crippen LogP contribution < -0.4 is 4.90 Å². The molecule has 25 heavy (non-hydrogen) atoms. The molecule has 3 rings (SSSR count). The third-order valence-electron chi connectivity index (χ3n) is 4.30. The molecule has 0 radical (unpaired) electrons. The van der Waals surface area contributed by atoms with Crippen molar-refractivity contribution >= 4 is 34.4 Å². The fourth-order valence-electron chi connectivity index (χ4n) is 3.05. The molecular weight excluding hydrogens is 332 g/mol. The summed E-state index contributed by atoms with van der Waals surface area (Å²) in [7, 11) is 0. The van der Waals surface area contributed by atoms with Gasteiger partial charge in [-0.05, 0) is 36.9 Å². The first-order valence-corrected chi connectivity index (χ1v) is 9.53. The van der Waals surface area contributed by atoms with E-state index in [1.54, 1.807) is 0 Å². The third kappa shape index (κ3) is 3.24. The van der Waals surface area contributed by atoms with E-state index in [0.29, 0.717) is 24.4 Å². The Morgan fingerprint density at radius 1 is 1.00 bits per heavy atom. The SMILES string of the molecule is CCCCN1C(=O)C(c2cccs2)=C(N(CC)c2ccccc2)C1=O. The summed E-state index contributed by atoms with van der Waals surface area (Å²) in [6.07, 6.45) is 1.76. The van der Waals surface area contributed by atoms with Gasteiger partial charge in [0.05, 0.1) is 5.57 Å². The molecule has 0 aliphatic carbocycles. The normalized spacial score (nSPS) is 14.6. The number of carbonyl (C=O) groups excluding carboxylic acids is 2.